The van der Waals surface area contributed by atoms with E-state index in [1.807, 2.05) is 6.20 Å². The van der Waals surface area contributed by atoms with Crippen molar-refractivity contribution in [2.24, 2.45) is 5.92 Å². The number of aromatic nitrogens is 3. The minimum absolute atomic E-state index is 0.444. The fraction of sp³-hybridized carbons (Fsp3) is 0.833. The predicted molar refractivity (Wildman–Crippen MR) is 64.1 cm³/mol. The first-order valence-electron chi connectivity index (χ1n) is 6.46. The van der Waals surface area contributed by atoms with E-state index in [4.69, 9.17) is 0 Å². The lowest BCUT2D eigenvalue weighted by molar-refractivity contribution is 0.437. The van der Waals surface area contributed by atoms with Crippen LogP contribution < -0.4 is 5.32 Å². The van der Waals surface area contributed by atoms with E-state index in [9.17, 15) is 0 Å². The maximum absolute atomic E-state index is 4.16. The molecule has 1 aromatic rings. The first kappa shape index (κ1) is 11.6. The van der Waals surface area contributed by atoms with Crippen LogP contribution >= 0.6 is 0 Å². The summed E-state index contributed by atoms with van der Waals surface area (Å²) in [7, 11) is 0. The second-order valence-corrected chi connectivity index (χ2v) is 4.67. The van der Waals surface area contributed by atoms with Crippen LogP contribution in [0.4, 0.5) is 0 Å². The minimum Gasteiger partial charge on any atom is -0.309 e. The van der Waals surface area contributed by atoms with Gasteiger partial charge in [0.15, 0.2) is 0 Å². The summed E-state index contributed by atoms with van der Waals surface area (Å²) in [6.07, 6.45) is 7.07. The molecule has 1 aliphatic rings. The van der Waals surface area contributed by atoms with Gasteiger partial charge >= 0.3 is 0 Å². The summed E-state index contributed by atoms with van der Waals surface area (Å²) in [6.45, 7) is 6.32. The Morgan fingerprint density at radius 3 is 2.94 bits per heavy atom. The quantitative estimate of drug-likeness (QED) is 0.768. The molecule has 90 valence electrons. The maximum atomic E-state index is 4.16. The Morgan fingerprint density at radius 1 is 1.50 bits per heavy atom. The lowest BCUT2D eigenvalue weighted by Crippen LogP contribution is -2.24. The average molecular weight is 222 g/mol. The lowest BCUT2D eigenvalue weighted by Gasteiger charge is -2.18. The Labute approximate surface area is 97.4 Å². The van der Waals surface area contributed by atoms with E-state index in [0.29, 0.717) is 6.04 Å². The van der Waals surface area contributed by atoms with E-state index < -0.39 is 0 Å². The summed E-state index contributed by atoms with van der Waals surface area (Å²) < 4.78 is 2.05. The van der Waals surface area contributed by atoms with Gasteiger partial charge in [0, 0.05) is 6.54 Å². The van der Waals surface area contributed by atoms with E-state index in [1.54, 1.807) is 0 Å². The van der Waals surface area contributed by atoms with Gasteiger partial charge in [-0.1, -0.05) is 31.9 Å². The molecule has 16 heavy (non-hydrogen) atoms. The molecule has 0 saturated heterocycles. The number of rotatable bonds is 7. The lowest BCUT2D eigenvalue weighted by atomic mass is 10.1. The van der Waals surface area contributed by atoms with Crippen LogP contribution in [0.1, 0.15) is 51.3 Å². The molecule has 4 nitrogen and oxygen atoms in total. The summed E-state index contributed by atoms with van der Waals surface area (Å²) in [5, 5.41) is 11.8. The standard InChI is InChI=1S/C12H22N4/c1-3-7-16-12(9-14-15-16)11(13-4-2)8-10-5-6-10/h9-11,13H,3-8H2,1-2H3. The monoisotopic (exact) mass is 222 g/mol. The van der Waals surface area contributed by atoms with Crippen molar-refractivity contribution in [3.63, 3.8) is 0 Å². The summed E-state index contributed by atoms with van der Waals surface area (Å²) in [5.74, 6) is 0.925. The molecular weight excluding hydrogens is 200 g/mol. The molecule has 1 unspecified atom stereocenters. The molecule has 2 rings (SSSR count). The van der Waals surface area contributed by atoms with Gasteiger partial charge in [-0.15, -0.1) is 5.10 Å². The maximum Gasteiger partial charge on any atom is 0.0756 e. The van der Waals surface area contributed by atoms with Gasteiger partial charge in [-0.2, -0.15) is 0 Å². The van der Waals surface area contributed by atoms with Crippen molar-refractivity contribution in [2.75, 3.05) is 6.54 Å². The number of nitrogens with one attached hydrogen (secondary N) is 1. The highest BCUT2D eigenvalue weighted by Crippen LogP contribution is 2.37. The third-order valence-electron chi connectivity index (χ3n) is 3.16. The molecule has 1 aromatic heterocycles. The van der Waals surface area contributed by atoms with Gasteiger partial charge < -0.3 is 5.32 Å². The van der Waals surface area contributed by atoms with E-state index in [0.717, 1.165) is 25.4 Å². The molecule has 1 fully saturated rings. The largest absolute Gasteiger partial charge is 0.309 e. The smallest absolute Gasteiger partial charge is 0.0756 e. The highest BCUT2D eigenvalue weighted by Gasteiger charge is 2.27. The highest BCUT2D eigenvalue weighted by atomic mass is 15.4. The van der Waals surface area contributed by atoms with Crippen LogP contribution in [0.5, 0.6) is 0 Å². The van der Waals surface area contributed by atoms with Gasteiger partial charge in [0.25, 0.3) is 0 Å². The van der Waals surface area contributed by atoms with Crippen LogP contribution in [0, 0.1) is 5.92 Å². The molecule has 0 aromatic carbocycles. The van der Waals surface area contributed by atoms with Gasteiger partial charge in [-0.3, -0.25) is 0 Å². The van der Waals surface area contributed by atoms with Crippen LogP contribution in [0.15, 0.2) is 6.20 Å². The van der Waals surface area contributed by atoms with Crippen molar-refractivity contribution >= 4 is 0 Å². The van der Waals surface area contributed by atoms with Gasteiger partial charge in [0.2, 0.25) is 0 Å². The van der Waals surface area contributed by atoms with Gasteiger partial charge in [-0.25, -0.2) is 4.68 Å². The van der Waals surface area contributed by atoms with Crippen molar-refractivity contribution in [2.45, 2.75) is 52.1 Å². The van der Waals surface area contributed by atoms with Crippen molar-refractivity contribution in [3.8, 4) is 0 Å². The average Bonchev–Trinajstić information content (AvgIpc) is 2.97. The number of aryl methyl sites for hydroxylation is 1. The molecule has 1 atom stereocenters. The Morgan fingerprint density at radius 2 is 2.31 bits per heavy atom. The van der Waals surface area contributed by atoms with Gasteiger partial charge in [-0.05, 0) is 25.3 Å². The Bertz CT molecular complexity index is 317. The zero-order valence-corrected chi connectivity index (χ0v) is 10.3. The fourth-order valence-corrected chi connectivity index (χ4v) is 2.16. The molecule has 0 spiro atoms. The van der Waals surface area contributed by atoms with Crippen molar-refractivity contribution in [1.29, 1.82) is 0 Å². The topological polar surface area (TPSA) is 42.7 Å². The van der Waals surface area contributed by atoms with E-state index in [1.165, 1.54) is 25.0 Å². The second-order valence-electron chi connectivity index (χ2n) is 4.67. The molecule has 1 heterocycles. The summed E-state index contributed by atoms with van der Waals surface area (Å²) in [4.78, 5) is 0. The molecule has 0 aliphatic heterocycles. The van der Waals surface area contributed by atoms with Crippen LogP contribution in [-0.4, -0.2) is 21.5 Å². The molecular formula is C12H22N4. The first-order valence-corrected chi connectivity index (χ1v) is 6.46. The highest BCUT2D eigenvalue weighted by molar-refractivity contribution is 5.03. The molecule has 0 radical (unpaired) electrons. The second kappa shape index (κ2) is 5.43. The summed E-state index contributed by atoms with van der Waals surface area (Å²) in [6, 6.07) is 0.444. The van der Waals surface area contributed by atoms with Crippen LogP contribution in [0.25, 0.3) is 0 Å². The molecule has 1 N–H and O–H groups in total. The van der Waals surface area contributed by atoms with Crippen molar-refractivity contribution in [3.05, 3.63) is 11.9 Å². The number of nitrogens with zero attached hydrogens (tertiary/aromatic N) is 3. The fourth-order valence-electron chi connectivity index (χ4n) is 2.16. The normalized spacial score (nSPS) is 17.6. The minimum atomic E-state index is 0.444. The molecule has 1 saturated carbocycles. The van der Waals surface area contributed by atoms with Crippen molar-refractivity contribution in [1.82, 2.24) is 20.3 Å². The zero-order valence-electron chi connectivity index (χ0n) is 10.3. The Hall–Kier alpha value is -0.900. The Kier molecular flexibility index (Phi) is 3.93. The molecule has 1 aliphatic carbocycles. The SMILES string of the molecule is CCCn1nncc1C(CC1CC1)NCC. The van der Waals surface area contributed by atoms with Gasteiger partial charge in [0.1, 0.15) is 0 Å². The molecule has 0 bridgehead atoms. The zero-order chi connectivity index (χ0) is 11.4. The van der Waals surface area contributed by atoms with E-state index >= 15 is 0 Å². The van der Waals surface area contributed by atoms with Crippen LogP contribution in [0.3, 0.4) is 0 Å². The van der Waals surface area contributed by atoms with Crippen LogP contribution in [0.2, 0.25) is 0 Å². The molecule has 4 heteroatoms. The number of hydrogen-bond donors (Lipinski definition) is 1. The summed E-state index contributed by atoms with van der Waals surface area (Å²) in [5.41, 5.74) is 1.26. The van der Waals surface area contributed by atoms with Gasteiger partial charge in [0.05, 0.1) is 17.9 Å². The van der Waals surface area contributed by atoms with Crippen LogP contribution in [-0.2, 0) is 6.54 Å². The Balaban J connectivity index is 2.05. The van der Waals surface area contributed by atoms with E-state index in [-0.39, 0.29) is 0 Å². The first-order chi connectivity index (χ1) is 7.85. The van der Waals surface area contributed by atoms with Crippen molar-refractivity contribution < 1.29 is 0 Å². The third kappa shape index (κ3) is 2.82. The van der Waals surface area contributed by atoms with E-state index in [2.05, 4.69) is 34.2 Å². The summed E-state index contributed by atoms with van der Waals surface area (Å²) >= 11 is 0. The predicted octanol–water partition coefficient (Wildman–Crippen LogP) is 2.14. The number of hydrogen-bond acceptors (Lipinski definition) is 3. The molecule has 0 amide bonds. The third-order valence-corrected chi connectivity index (χ3v) is 3.16.